The van der Waals surface area contributed by atoms with Gasteiger partial charge in [0, 0.05) is 37.2 Å². The summed E-state index contributed by atoms with van der Waals surface area (Å²) in [7, 11) is 0. The molecule has 0 aromatic heterocycles. The van der Waals surface area contributed by atoms with E-state index in [-0.39, 0.29) is 36.9 Å². The van der Waals surface area contributed by atoms with Crippen molar-refractivity contribution in [2.45, 2.75) is 56.0 Å². The molecule has 2 saturated heterocycles. The number of likely N-dealkylation sites (tertiary alicyclic amines) is 2. The molecule has 2 aliphatic heterocycles. The number of carboxylic acids is 1. The van der Waals surface area contributed by atoms with Gasteiger partial charge in [-0.05, 0) is 44.9 Å². The number of aromatic hydroxyl groups is 2. The van der Waals surface area contributed by atoms with Crippen LogP contribution in [0, 0.1) is 0 Å². The standard InChI is InChI=1S/C22H29N3O10S/c1-12-9-17(28)25(12)18(20(30)31)22(2,36(33)34)11-35-21(32)24-7-5-14(6-8-24)23-19(29)13-3-4-15(26)16(27)10-13/h3-4,10,12,14,18,26-27H,5-9,11H2,1-2H3,(H,23,29)(H,30,31)(H,33,34)/t12-,18+,22+/m1/s1. The van der Waals surface area contributed by atoms with Crippen molar-refractivity contribution in [3.63, 3.8) is 0 Å². The molecule has 0 radical (unpaired) electrons. The molecule has 2 aliphatic rings. The van der Waals surface area contributed by atoms with Gasteiger partial charge in [-0.2, -0.15) is 0 Å². The minimum Gasteiger partial charge on any atom is -0.504 e. The fourth-order valence-electron chi connectivity index (χ4n) is 4.32. The van der Waals surface area contributed by atoms with Crippen LogP contribution in [0.2, 0.25) is 0 Å². The predicted octanol–water partition coefficient (Wildman–Crippen LogP) is 0.483. The van der Waals surface area contributed by atoms with Gasteiger partial charge in [0.1, 0.15) is 11.4 Å². The Labute approximate surface area is 209 Å². The molecule has 2 heterocycles. The first-order valence-corrected chi connectivity index (χ1v) is 12.3. The number of amides is 3. The molecule has 1 aromatic rings. The molecular weight excluding hydrogens is 498 g/mol. The Kier molecular flexibility index (Phi) is 8.09. The molecule has 0 saturated carbocycles. The summed E-state index contributed by atoms with van der Waals surface area (Å²) in [6.45, 7) is 2.50. The van der Waals surface area contributed by atoms with Crippen LogP contribution in [-0.4, -0.2) is 100 Å². The van der Waals surface area contributed by atoms with Gasteiger partial charge in [0.2, 0.25) is 5.91 Å². The summed E-state index contributed by atoms with van der Waals surface area (Å²) in [6, 6.07) is 1.33. The van der Waals surface area contributed by atoms with E-state index in [2.05, 4.69) is 5.32 Å². The van der Waals surface area contributed by atoms with Crippen LogP contribution in [-0.2, 0) is 25.4 Å². The number of aliphatic carboxylic acids is 1. The van der Waals surface area contributed by atoms with E-state index >= 15 is 0 Å². The van der Waals surface area contributed by atoms with E-state index in [0.717, 1.165) is 11.0 Å². The molecule has 0 bridgehead atoms. The molecule has 2 fully saturated rings. The Bertz CT molecular complexity index is 1070. The Morgan fingerprint density at radius 1 is 1.22 bits per heavy atom. The zero-order chi connectivity index (χ0) is 26.8. The molecule has 13 nitrogen and oxygen atoms in total. The summed E-state index contributed by atoms with van der Waals surface area (Å²) in [4.78, 5) is 51.3. The first-order valence-electron chi connectivity index (χ1n) is 11.2. The Hall–Kier alpha value is -3.39. The topological polar surface area (TPSA) is 194 Å². The lowest BCUT2D eigenvalue weighted by Crippen LogP contribution is -2.68. The van der Waals surface area contributed by atoms with Crippen molar-refractivity contribution in [2.24, 2.45) is 0 Å². The highest BCUT2D eigenvalue weighted by Gasteiger charge is 2.54. The third-order valence-electron chi connectivity index (χ3n) is 6.53. The fourth-order valence-corrected chi connectivity index (χ4v) is 4.89. The van der Waals surface area contributed by atoms with Gasteiger partial charge in [0.05, 0.1) is 0 Å². The molecule has 198 valence electrons. The highest BCUT2D eigenvalue weighted by molar-refractivity contribution is 7.80. The summed E-state index contributed by atoms with van der Waals surface area (Å²) < 4.78 is 25.3. The normalized spacial score (nSPS) is 21.6. The van der Waals surface area contributed by atoms with Crippen molar-refractivity contribution in [1.82, 2.24) is 15.1 Å². The highest BCUT2D eigenvalue weighted by atomic mass is 32.2. The summed E-state index contributed by atoms with van der Waals surface area (Å²) >= 11 is -2.74. The van der Waals surface area contributed by atoms with E-state index < -0.39 is 64.1 Å². The Balaban J connectivity index is 1.56. The molecule has 14 heteroatoms. The van der Waals surface area contributed by atoms with Crippen LogP contribution in [0.25, 0.3) is 0 Å². The monoisotopic (exact) mass is 527 g/mol. The Morgan fingerprint density at radius 2 is 1.86 bits per heavy atom. The smallest absolute Gasteiger partial charge is 0.409 e. The van der Waals surface area contributed by atoms with Crippen LogP contribution in [0.1, 0.15) is 43.5 Å². The second-order valence-corrected chi connectivity index (χ2v) is 10.6. The third kappa shape index (κ3) is 5.54. The number of nitrogens with zero attached hydrogens (tertiary/aromatic N) is 2. The van der Waals surface area contributed by atoms with Crippen molar-refractivity contribution in [1.29, 1.82) is 0 Å². The number of hydrogen-bond donors (Lipinski definition) is 5. The van der Waals surface area contributed by atoms with Crippen molar-refractivity contribution in [3.05, 3.63) is 23.8 Å². The second kappa shape index (κ2) is 10.7. The number of piperidine rings is 1. The van der Waals surface area contributed by atoms with Crippen LogP contribution < -0.4 is 5.32 Å². The molecule has 0 spiro atoms. The zero-order valence-electron chi connectivity index (χ0n) is 19.7. The van der Waals surface area contributed by atoms with Crippen LogP contribution in [0.3, 0.4) is 0 Å². The highest BCUT2D eigenvalue weighted by Crippen LogP contribution is 2.32. The number of carboxylic acid groups (broad SMARTS) is 1. The fraction of sp³-hybridized carbons (Fsp3) is 0.545. The number of phenols is 2. The summed E-state index contributed by atoms with van der Waals surface area (Å²) in [5, 5.41) is 31.4. The summed E-state index contributed by atoms with van der Waals surface area (Å²) in [6.07, 6.45) is 0.0704. The number of nitrogens with one attached hydrogen (secondary N) is 1. The number of hydrogen-bond acceptors (Lipinski definition) is 8. The van der Waals surface area contributed by atoms with Gasteiger partial charge < -0.3 is 39.7 Å². The molecule has 4 atom stereocenters. The van der Waals surface area contributed by atoms with Gasteiger partial charge in [-0.1, -0.05) is 0 Å². The Morgan fingerprint density at radius 3 is 2.36 bits per heavy atom. The molecular formula is C22H29N3O10S. The molecule has 0 aliphatic carbocycles. The van der Waals surface area contributed by atoms with Crippen LogP contribution in [0.15, 0.2) is 18.2 Å². The maximum Gasteiger partial charge on any atom is 0.409 e. The number of phenolic OH excluding ortho intramolecular Hbond substituents is 2. The van der Waals surface area contributed by atoms with Gasteiger partial charge >= 0.3 is 12.1 Å². The SMILES string of the molecule is C[C@@H]1CC(=O)N1[C@@H](C(=O)O)[C@](C)(COC(=O)N1CCC(NC(=O)c2ccc(O)c(O)c2)CC1)S(=O)O. The number of carbonyl (C=O) groups is 4. The summed E-state index contributed by atoms with van der Waals surface area (Å²) in [5.74, 6) is -3.17. The maximum atomic E-state index is 12.6. The van der Waals surface area contributed by atoms with Gasteiger partial charge in [-0.15, -0.1) is 0 Å². The largest absolute Gasteiger partial charge is 0.504 e. The average Bonchev–Trinajstić information content (AvgIpc) is 2.82. The maximum absolute atomic E-state index is 12.6. The van der Waals surface area contributed by atoms with Crippen molar-refractivity contribution < 1.29 is 48.0 Å². The van der Waals surface area contributed by atoms with Gasteiger partial charge in [0.25, 0.3) is 5.91 Å². The zero-order valence-corrected chi connectivity index (χ0v) is 20.6. The minimum absolute atomic E-state index is 0.122. The van der Waals surface area contributed by atoms with Crippen molar-refractivity contribution >= 4 is 35.0 Å². The lowest BCUT2D eigenvalue weighted by molar-refractivity contribution is -0.163. The number of benzene rings is 1. The van der Waals surface area contributed by atoms with E-state index in [0.29, 0.717) is 12.8 Å². The number of carbonyl (C=O) groups excluding carboxylic acids is 3. The van der Waals surface area contributed by atoms with E-state index in [1.54, 1.807) is 6.92 Å². The van der Waals surface area contributed by atoms with Crippen molar-refractivity contribution in [3.8, 4) is 11.5 Å². The van der Waals surface area contributed by atoms with E-state index in [9.17, 15) is 43.3 Å². The molecule has 36 heavy (non-hydrogen) atoms. The number of β-lactam (4-membered cyclic amide) rings is 1. The summed E-state index contributed by atoms with van der Waals surface area (Å²) in [5.41, 5.74) is 0.159. The minimum atomic E-state index is -2.74. The average molecular weight is 528 g/mol. The van der Waals surface area contributed by atoms with Crippen molar-refractivity contribution in [2.75, 3.05) is 19.7 Å². The number of ether oxygens (including phenoxy) is 1. The molecule has 1 aromatic carbocycles. The first kappa shape index (κ1) is 27.2. The number of rotatable bonds is 8. The lowest BCUT2D eigenvalue weighted by Gasteiger charge is -2.47. The second-order valence-electron chi connectivity index (χ2n) is 9.15. The van der Waals surface area contributed by atoms with Crippen LogP contribution in [0.4, 0.5) is 4.79 Å². The van der Waals surface area contributed by atoms with E-state index in [4.69, 9.17) is 4.74 Å². The van der Waals surface area contributed by atoms with Gasteiger partial charge in [0.15, 0.2) is 28.6 Å². The third-order valence-corrected chi connectivity index (χ3v) is 7.67. The first-order chi connectivity index (χ1) is 16.8. The molecule has 3 rings (SSSR count). The van der Waals surface area contributed by atoms with Crippen LogP contribution >= 0.6 is 0 Å². The predicted molar refractivity (Wildman–Crippen MR) is 125 cm³/mol. The lowest BCUT2D eigenvalue weighted by atomic mass is 9.92. The molecule has 1 unspecified atom stereocenters. The van der Waals surface area contributed by atoms with Crippen LogP contribution in [0.5, 0.6) is 11.5 Å². The quantitative estimate of drug-likeness (QED) is 0.180. The molecule has 5 N–H and O–H groups in total. The van der Waals surface area contributed by atoms with Gasteiger partial charge in [-0.25, -0.2) is 13.8 Å². The van der Waals surface area contributed by atoms with E-state index in [1.807, 2.05) is 0 Å². The van der Waals surface area contributed by atoms with E-state index in [1.165, 1.54) is 24.0 Å². The molecule has 3 amide bonds. The van der Waals surface area contributed by atoms with Gasteiger partial charge in [-0.3, -0.25) is 9.59 Å².